The zero-order chi connectivity index (χ0) is 13.9. The van der Waals surface area contributed by atoms with Crippen LogP contribution in [0.25, 0.3) is 0 Å². The molecule has 0 aliphatic rings. The van der Waals surface area contributed by atoms with E-state index in [1.807, 2.05) is 18.2 Å². The molecule has 1 N–H and O–H groups in total. The Balaban J connectivity index is 2.42. The fraction of sp³-hybridized carbons (Fsp3) is 0.500. The molecule has 1 rings (SSSR count). The second-order valence-corrected chi connectivity index (χ2v) is 4.59. The fourth-order valence-electron chi connectivity index (χ4n) is 1.77. The fourth-order valence-corrected chi connectivity index (χ4v) is 1.77. The highest BCUT2D eigenvalue weighted by molar-refractivity contribution is 5.24. The van der Waals surface area contributed by atoms with Crippen LogP contribution in [0.1, 0.15) is 37.3 Å². The van der Waals surface area contributed by atoms with E-state index >= 15 is 0 Å². The Bertz CT molecular complexity index is 379. The van der Waals surface area contributed by atoms with Gasteiger partial charge < -0.3 is 10.1 Å². The molecule has 0 saturated heterocycles. The maximum atomic E-state index is 13.6. The van der Waals surface area contributed by atoms with Gasteiger partial charge >= 0.3 is 0 Å². The molecule has 3 heteroatoms. The second kappa shape index (κ2) is 9.70. The normalized spacial score (nSPS) is 10.6. The third-order valence-corrected chi connectivity index (χ3v) is 2.82. The van der Waals surface area contributed by atoms with Gasteiger partial charge in [0.15, 0.2) is 0 Å². The van der Waals surface area contributed by atoms with Crippen molar-refractivity contribution >= 4 is 0 Å². The van der Waals surface area contributed by atoms with Gasteiger partial charge in [-0.05, 0) is 43.5 Å². The molecule has 0 aromatic heterocycles. The number of hydrogen-bond donors (Lipinski definition) is 1. The molecule has 0 aliphatic heterocycles. The summed E-state index contributed by atoms with van der Waals surface area (Å²) in [5.74, 6) is -0.192. The smallest absolute Gasteiger partial charge is 0.128 e. The highest BCUT2D eigenvalue weighted by Gasteiger charge is 2.04. The SMILES string of the molecule is C=CCCCOCc1cc(CNCCC)ccc1F. The van der Waals surface area contributed by atoms with E-state index in [1.54, 1.807) is 0 Å². The summed E-state index contributed by atoms with van der Waals surface area (Å²) >= 11 is 0. The van der Waals surface area contributed by atoms with Crippen molar-refractivity contribution in [3.8, 4) is 0 Å². The molecular formula is C16H24FNO. The monoisotopic (exact) mass is 265 g/mol. The lowest BCUT2D eigenvalue weighted by Gasteiger charge is -2.08. The average Bonchev–Trinajstić information content (AvgIpc) is 2.42. The van der Waals surface area contributed by atoms with E-state index in [0.29, 0.717) is 18.8 Å². The molecule has 0 aliphatic carbocycles. The van der Waals surface area contributed by atoms with Crippen LogP contribution in [0.3, 0.4) is 0 Å². The number of unbranched alkanes of at least 4 members (excludes halogenated alkanes) is 1. The largest absolute Gasteiger partial charge is 0.377 e. The Morgan fingerprint density at radius 1 is 1.42 bits per heavy atom. The van der Waals surface area contributed by atoms with Crippen LogP contribution in [0.15, 0.2) is 30.9 Å². The lowest BCUT2D eigenvalue weighted by Crippen LogP contribution is -2.14. The van der Waals surface area contributed by atoms with E-state index < -0.39 is 0 Å². The van der Waals surface area contributed by atoms with Gasteiger partial charge in [0.25, 0.3) is 0 Å². The van der Waals surface area contributed by atoms with Crippen LogP contribution in [0.5, 0.6) is 0 Å². The van der Waals surface area contributed by atoms with Gasteiger partial charge in [-0.15, -0.1) is 6.58 Å². The standard InChI is InChI=1S/C16H24FNO/c1-3-5-6-10-19-13-15-11-14(7-8-16(15)17)12-18-9-4-2/h3,7-8,11,18H,1,4-6,9-10,12-13H2,2H3. The number of benzene rings is 1. The van der Waals surface area contributed by atoms with Crippen LogP contribution < -0.4 is 5.32 Å². The molecule has 0 fully saturated rings. The van der Waals surface area contributed by atoms with Crippen molar-refractivity contribution in [1.29, 1.82) is 0 Å². The maximum Gasteiger partial charge on any atom is 0.128 e. The molecule has 106 valence electrons. The van der Waals surface area contributed by atoms with Crippen LogP contribution in [0.2, 0.25) is 0 Å². The van der Waals surface area contributed by atoms with Crippen molar-refractivity contribution in [3.05, 3.63) is 47.8 Å². The first-order chi connectivity index (χ1) is 9.27. The van der Waals surface area contributed by atoms with Gasteiger partial charge in [0.2, 0.25) is 0 Å². The molecule has 0 heterocycles. The Hall–Kier alpha value is -1.19. The van der Waals surface area contributed by atoms with Gasteiger partial charge in [0.05, 0.1) is 6.61 Å². The number of hydrogen-bond acceptors (Lipinski definition) is 2. The molecule has 2 nitrogen and oxygen atoms in total. The zero-order valence-corrected chi connectivity index (χ0v) is 11.8. The number of nitrogens with one attached hydrogen (secondary N) is 1. The van der Waals surface area contributed by atoms with Crippen molar-refractivity contribution < 1.29 is 9.13 Å². The summed E-state index contributed by atoms with van der Waals surface area (Å²) in [6.07, 6.45) is 4.83. The van der Waals surface area contributed by atoms with Gasteiger partial charge in [0.1, 0.15) is 5.82 Å². The van der Waals surface area contributed by atoms with Crippen LogP contribution in [-0.2, 0) is 17.9 Å². The minimum atomic E-state index is -0.192. The number of halogens is 1. The minimum Gasteiger partial charge on any atom is -0.377 e. The van der Waals surface area contributed by atoms with E-state index in [4.69, 9.17) is 4.74 Å². The molecule has 1 aromatic carbocycles. The van der Waals surface area contributed by atoms with Crippen LogP contribution in [0, 0.1) is 5.82 Å². The van der Waals surface area contributed by atoms with Gasteiger partial charge in [0, 0.05) is 18.7 Å². The van der Waals surface area contributed by atoms with E-state index in [2.05, 4.69) is 18.8 Å². The quantitative estimate of drug-likeness (QED) is 0.513. The summed E-state index contributed by atoms with van der Waals surface area (Å²) in [6, 6.07) is 5.22. The first-order valence-electron chi connectivity index (χ1n) is 6.94. The van der Waals surface area contributed by atoms with Crippen molar-refractivity contribution in [2.45, 2.75) is 39.3 Å². The molecule has 0 radical (unpaired) electrons. The molecular weight excluding hydrogens is 241 g/mol. The first-order valence-corrected chi connectivity index (χ1v) is 6.94. The lowest BCUT2D eigenvalue weighted by molar-refractivity contribution is 0.116. The van der Waals surface area contributed by atoms with Crippen molar-refractivity contribution in [1.82, 2.24) is 5.32 Å². The molecule has 1 aromatic rings. The molecule has 0 bridgehead atoms. The Morgan fingerprint density at radius 2 is 2.26 bits per heavy atom. The maximum absolute atomic E-state index is 13.6. The summed E-state index contributed by atoms with van der Waals surface area (Å²) < 4.78 is 19.1. The third kappa shape index (κ3) is 6.50. The minimum absolute atomic E-state index is 0.192. The molecule has 19 heavy (non-hydrogen) atoms. The van der Waals surface area contributed by atoms with E-state index in [9.17, 15) is 4.39 Å². The van der Waals surface area contributed by atoms with Crippen molar-refractivity contribution in [3.63, 3.8) is 0 Å². The van der Waals surface area contributed by atoms with Crippen LogP contribution in [-0.4, -0.2) is 13.2 Å². The van der Waals surface area contributed by atoms with E-state index in [-0.39, 0.29) is 5.82 Å². The third-order valence-electron chi connectivity index (χ3n) is 2.82. The predicted molar refractivity (Wildman–Crippen MR) is 77.5 cm³/mol. The summed E-state index contributed by atoms with van der Waals surface area (Å²) in [5.41, 5.74) is 1.73. The first kappa shape index (κ1) is 15.9. The molecule has 0 unspecified atom stereocenters. The van der Waals surface area contributed by atoms with Gasteiger partial charge in [-0.3, -0.25) is 0 Å². The predicted octanol–water partition coefficient (Wildman–Crippen LogP) is 3.81. The highest BCUT2D eigenvalue weighted by atomic mass is 19.1. The summed E-state index contributed by atoms with van der Waals surface area (Å²) in [7, 11) is 0. The summed E-state index contributed by atoms with van der Waals surface area (Å²) in [4.78, 5) is 0. The van der Waals surface area contributed by atoms with E-state index in [0.717, 1.165) is 37.9 Å². The summed E-state index contributed by atoms with van der Waals surface area (Å²) in [5, 5.41) is 3.31. The average molecular weight is 265 g/mol. The van der Waals surface area contributed by atoms with Gasteiger partial charge in [-0.2, -0.15) is 0 Å². The molecule has 0 amide bonds. The Labute approximate surface area is 115 Å². The van der Waals surface area contributed by atoms with Gasteiger partial charge in [-0.1, -0.05) is 19.1 Å². The Morgan fingerprint density at radius 3 is 3.00 bits per heavy atom. The van der Waals surface area contributed by atoms with E-state index in [1.165, 1.54) is 6.07 Å². The molecule has 0 saturated carbocycles. The van der Waals surface area contributed by atoms with Gasteiger partial charge in [-0.25, -0.2) is 4.39 Å². The number of allylic oxidation sites excluding steroid dienone is 1. The zero-order valence-electron chi connectivity index (χ0n) is 11.8. The highest BCUT2D eigenvalue weighted by Crippen LogP contribution is 2.12. The number of ether oxygens (including phenoxy) is 1. The number of rotatable bonds is 10. The van der Waals surface area contributed by atoms with Crippen molar-refractivity contribution in [2.75, 3.05) is 13.2 Å². The second-order valence-electron chi connectivity index (χ2n) is 4.59. The Kier molecular flexibility index (Phi) is 8.10. The lowest BCUT2D eigenvalue weighted by atomic mass is 10.1. The molecule has 0 spiro atoms. The molecule has 0 atom stereocenters. The van der Waals surface area contributed by atoms with Crippen LogP contribution >= 0.6 is 0 Å². The van der Waals surface area contributed by atoms with Crippen LogP contribution in [0.4, 0.5) is 4.39 Å². The van der Waals surface area contributed by atoms with Crippen molar-refractivity contribution in [2.24, 2.45) is 0 Å². The topological polar surface area (TPSA) is 21.3 Å². The summed E-state index contributed by atoms with van der Waals surface area (Å²) in [6.45, 7) is 8.51.